The van der Waals surface area contributed by atoms with Crippen molar-refractivity contribution in [3.8, 4) is 5.69 Å². The molecule has 3 rings (SSSR count). The minimum absolute atomic E-state index is 0.0904. The first kappa shape index (κ1) is 17.6. The lowest BCUT2D eigenvalue weighted by molar-refractivity contribution is -0.0855. The van der Waals surface area contributed by atoms with E-state index in [0.29, 0.717) is 31.9 Å². The van der Waals surface area contributed by atoms with Gasteiger partial charge in [0.25, 0.3) is 5.91 Å². The summed E-state index contributed by atoms with van der Waals surface area (Å²) in [6.45, 7) is 8.32. The van der Waals surface area contributed by atoms with Gasteiger partial charge in [-0.1, -0.05) is 31.5 Å². The highest BCUT2D eigenvalue weighted by Crippen LogP contribution is 2.23. The fourth-order valence-electron chi connectivity index (χ4n) is 2.94. The molecule has 0 unspecified atom stereocenters. The molecule has 1 fully saturated rings. The van der Waals surface area contributed by atoms with Gasteiger partial charge in [0.2, 0.25) is 0 Å². The smallest absolute Gasteiger partial charge is 0.254 e. The molecule has 1 saturated heterocycles. The van der Waals surface area contributed by atoms with Crippen LogP contribution in [0.15, 0.2) is 30.5 Å². The number of hydrogen-bond donors (Lipinski definition) is 1. The van der Waals surface area contributed by atoms with E-state index >= 15 is 0 Å². The third-order valence-electron chi connectivity index (χ3n) is 4.25. The Morgan fingerprint density at radius 2 is 2.08 bits per heavy atom. The summed E-state index contributed by atoms with van der Waals surface area (Å²) in [5.74, 6) is 0.0371. The SMILES string of the molecule is Cc1ccc(-n2ncc(C(=O)NC[C@H]3COCCO3)c2C(C)C)cc1. The van der Waals surface area contributed by atoms with E-state index in [1.807, 2.05) is 35.9 Å². The number of hydrogen-bond acceptors (Lipinski definition) is 4. The summed E-state index contributed by atoms with van der Waals surface area (Å²) in [4.78, 5) is 12.7. The van der Waals surface area contributed by atoms with Crippen molar-refractivity contribution in [2.75, 3.05) is 26.4 Å². The molecule has 0 saturated carbocycles. The highest BCUT2D eigenvalue weighted by atomic mass is 16.6. The molecule has 6 heteroatoms. The van der Waals surface area contributed by atoms with Crippen LogP contribution < -0.4 is 5.32 Å². The molecule has 1 aliphatic rings. The number of amides is 1. The number of nitrogens with zero attached hydrogens (tertiary/aromatic N) is 2. The van der Waals surface area contributed by atoms with Crippen LogP contribution in [0.25, 0.3) is 5.69 Å². The molecule has 1 amide bonds. The van der Waals surface area contributed by atoms with Gasteiger partial charge < -0.3 is 14.8 Å². The van der Waals surface area contributed by atoms with Crippen molar-refractivity contribution in [1.82, 2.24) is 15.1 Å². The molecule has 1 aliphatic heterocycles. The van der Waals surface area contributed by atoms with Gasteiger partial charge in [0, 0.05) is 6.54 Å². The van der Waals surface area contributed by atoms with E-state index in [-0.39, 0.29) is 17.9 Å². The maximum atomic E-state index is 12.7. The third kappa shape index (κ3) is 4.08. The molecule has 25 heavy (non-hydrogen) atoms. The van der Waals surface area contributed by atoms with Crippen LogP contribution in [0.4, 0.5) is 0 Å². The van der Waals surface area contributed by atoms with Gasteiger partial charge in [0.15, 0.2) is 0 Å². The van der Waals surface area contributed by atoms with Crippen molar-refractivity contribution in [2.45, 2.75) is 32.8 Å². The zero-order valence-corrected chi connectivity index (χ0v) is 15.0. The predicted octanol–water partition coefficient (Wildman–Crippen LogP) is 2.45. The van der Waals surface area contributed by atoms with Gasteiger partial charge in [-0.3, -0.25) is 4.79 Å². The van der Waals surface area contributed by atoms with Crippen LogP contribution in [-0.4, -0.2) is 48.2 Å². The van der Waals surface area contributed by atoms with E-state index in [2.05, 4.69) is 24.3 Å². The molecule has 1 N–H and O–H groups in total. The van der Waals surface area contributed by atoms with E-state index in [1.165, 1.54) is 5.56 Å². The normalized spacial score (nSPS) is 17.7. The first-order chi connectivity index (χ1) is 12.1. The van der Waals surface area contributed by atoms with Gasteiger partial charge in [-0.05, 0) is 25.0 Å². The molecule has 1 atom stereocenters. The summed E-state index contributed by atoms with van der Waals surface area (Å²) < 4.78 is 12.8. The Kier molecular flexibility index (Phi) is 5.50. The number of nitrogens with one attached hydrogen (secondary N) is 1. The summed E-state index contributed by atoms with van der Waals surface area (Å²) in [6, 6.07) is 8.12. The number of rotatable bonds is 5. The molecule has 2 heterocycles. The second-order valence-corrected chi connectivity index (χ2v) is 6.62. The van der Waals surface area contributed by atoms with Gasteiger partial charge in [0.05, 0.1) is 49.1 Å². The first-order valence-corrected chi connectivity index (χ1v) is 8.68. The van der Waals surface area contributed by atoms with Crippen LogP contribution in [0.2, 0.25) is 0 Å². The Morgan fingerprint density at radius 3 is 2.72 bits per heavy atom. The average Bonchev–Trinajstić information content (AvgIpc) is 3.06. The van der Waals surface area contributed by atoms with E-state index < -0.39 is 0 Å². The molecule has 6 nitrogen and oxygen atoms in total. The molecule has 0 aliphatic carbocycles. The number of aryl methyl sites for hydroxylation is 1. The number of carbonyl (C=O) groups excluding carboxylic acids is 1. The lowest BCUT2D eigenvalue weighted by Crippen LogP contribution is -2.39. The Balaban J connectivity index is 1.78. The maximum absolute atomic E-state index is 12.7. The van der Waals surface area contributed by atoms with Crippen molar-refractivity contribution >= 4 is 5.91 Å². The molecule has 0 radical (unpaired) electrons. The number of benzene rings is 1. The highest BCUT2D eigenvalue weighted by Gasteiger charge is 2.22. The zero-order chi connectivity index (χ0) is 17.8. The van der Waals surface area contributed by atoms with Crippen LogP contribution >= 0.6 is 0 Å². The maximum Gasteiger partial charge on any atom is 0.254 e. The molecule has 0 bridgehead atoms. The molecular formula is C19H25N3O3. The van der Waals surface area contributed by atoms with Crippen molar-refractivity contribution in [3.63, 3.8) is 0 Å². The minimum Gasteiger partial charge on any atom is -0.376 e. The summed E-state index contributed by atoms with van der Waals surface area (Å²) in [5, 5.41) is 7.39. The van der Waals surface area contributed by atoms with Crippen molar-refractivity contribution in [2.24, 2.45) is 0 Å². The number of carbonyl (C=O) groups is 1. The Bertz CT molecular complexity index is 716. The van der Waals surface area contributed by atoms with E-state index in [1.54, 1.807) is 6.20 Å². The predicted molar refractivity (Wildman–Crippen MR) is 95.3 cm³/mol. The Hall–Kier alpha value is -2.18. The first-order valence-electron chi connectivity index (χ1n) is 8.68. The van der Waals surface area contributed by atoms with Gasteiger partial charge in [-0.15, -0.1) is 0 Å². The average molecular weight is 343 g/mol. The summed E-state index contributed by atoms with van der Waals surface area (Å²) >= 11 is 0. The van der Waals surface area contributed by atoms with E-state index in [0.717, 1.165) is 11.4 Å². The molecule has 0 spiro atoms. The Morgan fingerprint density at radius 1 is 1.32 bits per heavy atom. The lowest BCUT2D eigenvalue weighted by atomic mass is 10.0. The molecular weight excluding hydrogens is 318 g/mol. The molecule has 1 aromatic heterocycles. The van der Waals surface area contributed by atoms with Crippen molar-refractivity contribution < 1.29 is 14.3 Å². The van der Waals surface area contributed by atoms with Gasteiger partial charge in [0.1, 0.15) is 0 Å². The zero-order valence-electron chi connectivity index (χ0n) is 15.0. The van der Waals surface area contributed by atoms with Gasteiger partial charge in [-0.25, -0.2) is 4.68 Å². The van der Waals surface area contributed by atoms with Crippen LogP contribution in [0.3, 0.4) is 0 Å². The molecule has 2 aromatic rings. The Labute approximate surface area is 148 Å². The van der Waals surface area contributed by atoms with Crippen molar-refractivity contribution in [3.05, 3.63) is 47.3 Å². The number of ether oxygens (including phenoxy) is 2. The van der Waals surface area contributed by atoms with Crippen LogP contribution in [-0.2, 0) is 9.47 Å². The van der Waals surface area contributed by atoms with Crippen LogP contribution in [0.1, 0.15) is 41.4 Å². The van der Waals surface area contributed by atoms with Crippen LogP contribution in [0.5, 0.6) is 0 Å². The summed E-state index contributed by atoms with van der Waals surface area (Å²) in [5.41, 5.74) is 3.65. The second kappa shape index (κ2) is 7.80. The van der Waals surface area contributed by atoms with Crippen LogP contribution in [0, 0.1) is 6.92 Å². The second-order valence-electron chi connectivity index (χ2n) is 6.62. The van der Waals surface area contributed by atoms with E-state index in [9.17, 15) is 4.79 Å². The minimum atomic E-state index is -0.128. The lowest BCUT2D eigenvalue weighted by Gasteiger charge is -2.23. The molecule has 1 aromatic carbocycles. The fourth-order valence-corrected chi connectivity index (χ4v) is 2.94. The highest BCUT2D eigenvalue weighted by molar-refractivity contribution is 5.95. The van der Waals surface area contributed by atoms with Crippen molar-refractivity contribution in [1.29, 1.82) is 0 Å². The summed E-state index contributed by atoms with van der Waals surface area (Å²) in [7, 11) is 0. The van der Waals surface area contributed by atoms with Gasteiger partial charge >= 0.3 is 0 Å². The number of aromatic nitrogens is 2. The largest absolute Gasteiger partial charge is 0.376 e. The summed E-state index contributed by atoms with van der Waals surface area (Å²) in [6.07, 6.45) is 1.55. The monoisotopic (exact) mass is 343 g/mol. The quantitative estimate of drug-likeness (QED) is 0.906. The van der Waals surface area contributed by atoms with E-state index in [4.69, 9.17) is 9.47 Å². The topological polar surface area (TPSA) is 65.4 Å². The standard InChI is InChI=1S/C19H25N3O3/c1-13(2)18-17(19(23)20-10-16-12-24-8-9-25-16)11-21-22(18)15-6-4-14(3)5-7-15/h4-7,11,13,16H,8-10,12H2,1-3H3,(H,20,23)/t16-/m0/s1. The van der Waals surface area contributed by atoms with Gasteiger partial charge in [-0.2, -0.15) is 5.10 Å². The molecule has 134 valence electrons. The fraction of sp³-hybridized carbons (Fsp3) is 0.474. The third-order valence-corrected chi connectivity index (χ3v) is 4.25.